The molecular formula is C34H35F4N7OS. The van der Waals surface area contributed by atoms with E-state index in [1.165, 1.54) is 11.8 Å². The average molecular weight is 666 g/mol. The number of fused-ring (bicyclic) bond motifs is 3. The fourth-order valence-electron chi connectivity index (χ4n) is 7.76. The lowest BCUT2D eigenvalue weighted by Crippen LogP contribution is -2.56. The van der Waals surface area contributed by atoms with Crippen molar-refractivity contribution >= 4 is 43.1 Å². The minimum absolute atomic E-state index is 0.0138. The van der Waals surface area contributed by atoms with Crippen molar-refractivity contribution < 1.29 is 22.3 Å². The molecule has 3 aromatic heterocycles. The smallest absolute Gasteiger partial charge is 0.319 e. The van der Waals surface area contributed by atoms with E-state index in [0.29, 0.717) is 31.3 Å². The number of anilines is 2. The number of likely N-dealkylation sites (N-methyl/N-ethyl adjacent to an activating group) is 2. The Bertz CT molecular complexity index is 1990. The van der Waals surface area contributed by atoms with Crippen molar-refractivity contribution in [3.63, 3.8) is 0 Å². The zero-order chi connectivity index (χ0) is 33.2. The summed E-state index contributed by atoms with van der Waals surface area (Å²) in [5.41, 5.74) is 5.45. The number of nitrogen functional groups attached to an aromatic ring is 1. The van der Waals surface area contributed by atoms with Gasteiger partial charge in [0.2, 0.25) is 0 Å². The van der Waals surface area contributed by atoms with Crippen LogP contribution < -0.4 is 15.4 Å². The summed E-state index contributed by atoms with van der Waals surface area (Å²) in [5, 5.41) is 9.90. The van der Waals surface area contributed by atoms with E-state index >= 15 is 8.78 Å². The summed E-state index contributed by atoms with van der Waals surface area (Å²) < 4.78 is 67.9. The van der Waals surface area contributed by atoms with Crippen molar-refractivity contribution in [3.05, 3.63) is 46.9 Å². The number of benzene rings is 1. The molecule has 3 aliphatic rings. The monoisotopic (exact) mass is 665 g/mol. The van der Waals surface area contributed by atoms with Crippen LogP contribution in [0.4, 0.5) is 28.4 Å². The quantitative estimate of drug-likeness (QED) is 0.154. The number of alkyl halides is 1. The Kier molecular flexibility index (Phi) is 7.79. The molecule has 3 aliphatic carbocycles. The molecule has 3 heterocycles. The number of hydrogen-bond acceptors (Lipinski definition) is 9. The van der Waals surface area contributed by atoms with Gasteiger partial charge in [-0.25, -0.2) is 17.6 Å². The van der Waals surface area contributed by atoms with Gasteiger partial charge in [0.15, 0.2) is 5.82 Å². The first-order valence-electron chi connectivity index (χ1n) is 15.8. The first-order chi connectivity index (χ1) is 22.5. The Labute approximate surface area is 273 Å². The molecule has 2 saturated carbocycles. The van der Waals surface area contributed by atoms with Gasteiger partial charge in [-0.3, -0.25) is 4.98 Å². The topological polar surface area (TPSA) is 104 Å². The van der Waals surface area contributed by atoms with Gasteiger partial charge in [-0.1, -0.05) is 11.6 Å². The Balaban J connectivity index is 1.38. The first kappa shape index (κ1) is 31.6. The first-order valence-corrected chi connectivity index (χ1v) is 16.6. The number of nitrogens with two attached hydrogens (primary N) is 1. The molecule has 1 aromatic carbocycles. The van der Waals surface area contributed by atoms with Crippen LogP contribution >= 0.6 is 11.3 Å². The van der Waals surface area contributed by atoms with E-state index in [2.05, 4.69) is 14.9 Å². The van der Waals surface area contributed by atoms with Gasteiger partial charge < -0.3 is 20.3 Å². The maximum atomic E-state index is 16.8. The van der Waals surface area contributed by atoms with Gasteiger partial charge in [-0.15, -0.1) is 11.3 Å². The molecule has 0 bridgehead atoms. The van der Waals surface area contributed by atoms with E-state index in [1.54, 1.807) is 0 Å². The van der Waals surface area contributed by atoms with Gasteiger partial charge >= 0.3 is 6.01 Å². The Morgan fingerprint density at radius 1 is 1.13 bits per heavy atom. The highest BCUT2D eigenvalue weighted by Gasteiger charge is 2.44. The summed E-state index contributed by atoms with van der Waals surface area (Å²) in [6.45, 7) is 0.726. The van der Waals surface area contributed by atoms with Crippen LogP contribution in [0, 0.1) is 34.2 Å². The van der Waals surface area contributed by atoms with Crippen LogP contribution in [0.15, 0.2) is 23.9 Å². The van der Waals surface area contributed by atoms with Crippen LogP contribution in [0.1, 0.15) is 56.9 Å². The van der Waals surface area contributed by atoms with E-state index in [-0.39, 0.29) is 55.3 Å². The zero-order valence-corrected chi connectivity index (χ0v) is 27.3. The van der Waals surface area contributed by atoms with E-state index in [0.717, 1.165) is 49.9 Å². The number of aromatic nitrogens is 3. The molecule has 246 valence electrons. The summed E-state index contributed by atoms with van der Waals surface area (Å²) in [6.07, 6.45) is 8.77. The molecule has 2 fully saturated rings. The number of thiophene rings is 1. The number of allylic oxidation sites excluding steroid dienone is 1. The standard InChI is InChI=1S/C34H35F4N7OS/c1-44(2)34(10-5-11-34)16-45(3)31-21-15-41-28(25-22(36)12-23(37)29-24(25)20(14-39)30(40)47-29)26(38)27(21)42-32(43-31)46-17-33-9-4-6-18(33)7-8-19(35)13-33/h7,12,15,19H,4-6,8-11,13,16-17,40H2,1-3H3/t19-,33-/m1/s1. The predicted molar refractivity (Wildman–Crippen MR) is 175 cm³/mol. The largest absolute Gasteiger partial charge is 0.462 e. The lowest BCUT2D eigenvalue weighted by atomic mass is 9.74. The van der Waals surface area contributed by atoms with Gasteiger partial charge in [0.1, 0.15) is 52.5 Å². The van der Waals surface area contributed by atoms with Crippen LogP contribution in [-0.2, 0) is 0 Å². The van der Waals surface area contributed by atoms with Crippen molar-refractivity contribution in [3.8, 4) is 23.3 Å². The molecule has 0 unspecified atom stereocenters. The van der Waals surface area contributed by atoms with E-state index in [1.807, 2.05) is 38.2 Å². The number of halogens is 4. The van der Waals surface area contributed by atoms with Crippen molar-refractivity contribution in [1.29, 1.82) is 5.26 Å². The van der Waals surface area contributed by atoms with Crippen molar-refractivity contribution in [2.24, 2.45) is 5.41 Å². The van der Waals surface area contributed by atoms with Crippen LogP contribution in [-0.4, -0.2) is 65.9 Å². The van der Waals surface area contributed by atoms with Crippen LogP contribution in [0.2, 0.25) is 0 Å². The molecule has 0 saturated heterocycles. The average Bonchev–Trinajstić information content (AvgIpc) is 3.58. The maximum Gasteiger partial charge on any atom is 0.319 e. The lowest BCUT2D eigenvalue weighted by molar-refractivity contribution is 0.0681. The third kappa shape index (κ3) is 5.08. The van der Waals surface area contributed by atoms with Crippen LogP contribution in [0.25, 0.3) is 32.2 Å². The molecule has 8 nitrogen and oxygen atoms in total. The second-order valence-electron chi connectivity index (χ2n) is 13.4. The van der Waals surface area contributed by atoms with Crippen LogP contribution in [0.5, 0.6) is 6.01 Å². The molecule has 47 heavy (non-hydrogen) atoms. The van der Waals surface area contributed by atoms with E-state index < -0.39 is 34.7 Å². The molecule has 2 N–H and O–H groups in total. The number of hydrogen-bond donors (Lipinski definition) is 1. The Morgan fingerprint density at radius 2 is 1.91 bits per heavy atom. The summed E-state index contributed by atoms with van der Waals surface area (Å²) in [5.74, 6) is -2.60. The molecule has 2 atom stereocenters. The highest BCUT2D eigenvalue weighted by molar-refractivity contribution is 7.23. The number of nitrogens with zero attached hydrogens (tertiary/aromatic N) is 6. The molecule has 0 amide bonds. The fourth-order valence-corrected chi connectivity index (χ4v) is 8.70. The van der Waals surface area contributed by atoms with Gasteiger partial charge in [-0.2, -0.15) is 15.2 Å². The highest BCUT2D eigenvalue weighted by atomic mass is 32.1. The molecule has 0 radical (unpaired) electrons. The van der Waals surface area contributed by atoms with E-state index in [4.69, 9.17) is 15.5 Å². The Hall–Kier alpha value is -4.02. The highest BCUT2D eigenvalue weighted by Crippen LogP contribution is 2.50. The van der Waals surface area contributed by atoms with Gasteiger partial charge in [-0.05, 0) is 65.5 Å². The van der Waals surface area contributed by atoms with Crippen LogP contribution in [0.3, 0.4) is 0 Å². The molecular weight excluding hydrogens is 630 g/mol. The number of ether oxygens (including phenoxy) is 1. The van der Waals surface area contributed by atoms with Gasteiger partial charge in [0.05, 0.1) is 15.6 Å². The van der Waals surface area contributed by atoms with Gasteiger partial charge in [0, 0.05) is 47.8 Å². The molecule has 7 rings (SSSR count). The third-order valence-electron chi connectivity index (χ3n) is 10.5. The van der Waals surface area contributed by atoms with Gasteiger partial charge in [0.25, 0.3) is 0 Å². The number of rotatable bonds is 8. The summed E-state index contributed by atoms with van der Waals surface area (Å²) in [6, 6.07) is 2.45. The lowest BCUT2D eigenvalue weighted by Gasteiger charge is -2.49. The summed E-state index contributed by atoms with van der Waals surface area (Å²) in [7, 11) is 5.93. The fraction of sp³-hybridized carbons (Fsp3) is 0.471. The Morgan fingerprint density at radius 3 is 2.62 bits per heavy atom. The maximum absolute atomic E-state index is 16.8. The number of nitriles is 1. The second kappa shape index (κ2) is 11.6. The predicted octanol–water partition coefficient (Wildman–Crippen LogP) is 7.31. The second-order valence-corrected chi connectivity index (χ2v) is 14.5. The SMILES string of the molecule is CN(CC1(N(C)C)CCC1)c1nc(OC[C@]23CCCC2=CC[C@@H](F)C3)nc2c(F)c(-c3c(F)cc(F)c4sc(N)c(C#N)c34)ncc12. The van der Waals surface area contributed by atoms with Crippen molar-refractivity contribution in [2.75, 3.05) is 44.9 Å². The summed E-state index contributed by atoms with van der Waals surface area (Å²) >= 11 is 0.784. The molecule has 13 heteroatoms. The van der Waals surface area contributed by atoms with E-state index in [9.17, 15) is 14.0 Å². The zero-order valence-electron chi connectivity index (χ0n) is 26.5. The molecule has 0 spiro atoms. The molecule has 4 aromatic rings. The number of pyridine rings is 1. The van der Waals surface area contributed by atoms with Crippen molar-refractivity contribution in [1.82, 2.24) is 19.9 Å². The third-order valence-corrected chi connectivity index (χ3v) is 11.5. The summed E-state index contributed by atoms with van der Waals surface area (Å²) in [4.78, 5) is 17.7. The minimum Gasteiger partial charge on any atom is -0.462 e. The molecule has 0 aliphatic heterocycles. The van der Waals surface area contributed by atoms with Crippen molar-refractivity contribution in [2.45, 2.75) is 63.1 Å². The minimum atomic E-state index is -1.09. The normalized spacial score (nSPS) is 21.9.